The highest BCUT2D eigenvalue weighted by Gasteiger charge is 2.09. The lowest BCUT2D eigenvalue weighted by Gasteiger charge is -2.05. The van der Waals surface area contributed by atoms with Crippen LogP contribution in [0.25, 0.3) is 0 Å². The first-order valence-electron chi connectivity index (χ1n) is 5.77. The first kappa shape index (κ1) is 12.9. The van der Waals surface area contributed by atoms with Crippen LogP contribution in [0.3, 0.4) is 0 Å². The predicted octanol–water partition coefficient (Wildman–Crippen LogP) is 0.983. The highest BCUT2D eigenvalue weighted by Crippen LogP contribution is 2.11. The quantitative estimate of drug-likeness (QED) is 0.785. The average Bonchev–Trinajstić information content (AvgIpc) is 2.83. The van der Waals surface area contributed by atoms with Crippen LogP contribution in [0.1, 0.15) is 16.1 Å². The third kappa shape index (κ3) is 3.21. The van der Waals surface area contributed by atoms with Crippen LogP contribution >= 0.6 is 0 Å². The van der Waals surface area contributed by atoms with Crippen molar-refractivity contribution in [2.75, 3.05) is 11.9 Å². The fraction of sp³-hybridized carbons (Fsp3) is 0.143. The Labute approximate surface area is 111 Å². The lowest BCUT2D eigenvalue weighted by molar-refractivity contribution is 0.101. The Kier molecular flexibility index (Phi) is 3.96. The van der Waals surface area contributed by atoms with E-state index in [0.29, 0.717) is 17.9 Å². The van der Waals surface area contributed by atoms with E-state index in [-0.39, 0.29) is 5.91 Å². The number of aryl methyl sites for hydroxylation is 1. The number of rotatable bonds is 2. The van der Waals surface area contributed by atoms with Crippen LogP contribution in [0.5, 0.6) is 0 Å². The zero-order chi connectivity index (χ0) is 13.7. The summed E-state index contributed by atoms with van der Waals surface area (Å²) in [6.07, 6.45) is 3.10. The molecule has 1 amide bonds. The lowest BCUT2D eigenvalue weighted by atomic mass is 10.2. The van der Waals surface area contributed by atoms with Crippen LogP contribution in [-0.2, 0) is 7.05 Å². The van der Waals surface area contributed by atoms with E-state index in [4.69, 9.17) is 5.73 Å². The number of benzene rings is 1. The highest BCUT2D eigenvalue weighted by atomic mass is 16.1. The van der Waals surface area contributed by atoms with Gasteiger partial charge in [-0.1, -0.05) is 17.9 Å². The van der Waals surface area contributed by atoms with Crippen molar-refractivity contribution in [3.05, 3.63) is 48.0 Å². The van der Waals surface area contributed by atoms with Crippen molar-refractivity contribution in [3.8, 4) is 11.8 Å². The number of nitrogens with zero attached hydrogens (tertiary/aromatic N) is 2. The van der Waals surface area contributed by atoms with E-state index in [9.17, 15) is 4.79 Å². The van der Waals surface area contributed by atoms with Gasteiger partial charge in [-0.05, 0) is 18.2 Å². The number of nitrogens with one attached hydrogen (secondary N) is 1. The Morgan fingerprint density at radius 3 is 3.05 bits per heavy atom. The van der Waals surface area contributed by atoms with Crippen molar-refractivity contribution >= 4 is 11.6 Å². The summed E-state index contributed by atoms with van der Waals surface area (Å²) in [5.74, 6) is 5.49. The Hall–Kier alpha value is -2.58. The lowest BCUT2D eigenvalue weighted by Crippen LogP contribution is -2.15. The summed E-state index contributed by atoms with van der Waals surface area (Å²) in [7, 11) is 1.77. The van der Waals surface area contributed by atoms with Crippen LogP contribution in [0, 0.1) is 11.8 Å². The Morgan fingerprint density at radius 2 is 2.37 bits per heavy atom. The Balaban J connectivity index is 2.15. The molecule has 19 heavy (non-hydrogen) atoms. The molecule has 1 aromatic heterocycles. The van der Waals surface area contributed by atoms with Crippen LogP contribution in [-0.4, -0.2) is 22.0 Å². The summed E-state index contributed by atoms with van der Waals surface area (Å²) in [6.45, 7) is 0.311. The molecule has 0 atom stereocenters. The maximum absolute atomic E-state index is 12.0. The first-order chi connectivity index (χ1) is 9.20. The molecule has 0 radical (unpaired) electrons. The molecule has 5 nitrogen and oxygen atoms in total. The zero-order valence-electron chi connectivity index (χ0n) is 10.6. The molecule has 0 spiro atoms. The molecule has 0 saturated heterocycles. The minimum Gasteiger partial charge on any atom is -0.330 e. The molecule has 0 bridgehead atoms. The number of imidazole rings is 1. The van der Waals surface area contributed by atoms with Gasteiger partial charge in [0.25, 0.3) is 5.91 Å². The van der Waals surface area contributed by atoms with Gasteiger partial charge in [0.15, 0.2) is 0 Å². The number of aromatic nitrogens is 2. The van der Waals surface area contributed by atoms with Crippen molar-refractivity contribution in [2.24, 2.45) is 12.8 Å². The van der Waals surface area contributed by atoms with Gasteiger partial charge >= 0.3 is 0 Å². The van der Waals surface area contributed by atoms with Crippen LogP contribution < -0.4 is 11.1 Å². The van der Waals surface area contributed by atoms with E-state index in [1.54, 1.807) is 24.0 Å². The third-order valence-electron chi connectivity index (χ3n) is 2.50. The van der Waals surface area contributed by atoms with Gasteiger partial charge < -0.3 is 15.6 Å². The standard InChI is InChI=1S/C14H14N4O/c1-18-10-16-9-13(18)14(19)17-12-6-2-4-11(8-12)5-3-7-15/h2,4,6,8-10H,7,15H2,1H3,(H,17,19). The number of amides is 1. The van der Waals surface area contributed by atoms with Crippen molar-refractivity contribution in [2.45, 2.75) is 0 Å². The summed E-state index contributed by atoms with van der Waals surface area (Å²) < 4.78 is 1.66. The van der Waals surface area contributed by atoms with Crippen molar-refractivity contribution in [1.29, 1.82) is 0 Å². The second-order valence-corrected chi connectivity index (χ2v) is 3.93. The van der Waals surface area contributed by atoms with Gasteiger partial charge in [0.1, 0.15) is 5.69 Å². The molecule has 0 saturated carbocycles. The molecule has 0 aliphatic carbocycles. The molecule has 1 heterocycles. The molecule has 2 rings (SSSR count). The molecular formula is C14H14N4O. The number of hydrogen-bond acceptors (Lipinski definition) is 3. The molecule has 96 valence electrons. The molecular weight excluding hydrogens is 240 g/mol. The van der Waals surface area contributed by atoms with E-state index >= 15 is 0 Å². The van der Waals surface area contributed by atoms with Crippen molar-refractivity contribution in [3.63, 3.8) is 0 Å². The van der Waals surface area contributed by atoms with Gasteiger partial charge in [-0.15, -0.1) is 0 Å². The molecule has 5 heteroatoms. The molecule has 0 unspecified atom stereocenters. The SMILES string of the molecule is Cn1cncc1C(=O)Nc1cccc(C#CCN)c1. The topological polar surface area (TPSA) is 72.9 Å². The third-order valence-corrected chi connectivity index (χ3v) is 2.50. The molecule has 0 fully saturated rings. The molecule has 1 aromatic carbocycles. The number of carbonyl (C=O) groups excluding carboxylic acids is 1. The molecule has 0 aliphatic rings. The van der Waals surface area contributed by atoms with Gasteiger partial charge in [0.05, 0.1) is 19.1 Å². The van der Waals surface area contributed by atoms with Gasteiger partial charge in [-0.2, -0.15) is 0 Å². The van der Waals surface area contributed by atoms with E-state index in [0.717, 1.165) is 5.56 Å². The molecule has 0 aliphatic heterocycles. The van der Waals surface area contributed by atoms with Gasteiger partial charge in [0, 0.05) is 18.3 Å². The van der Waals surface area contributed by atoms with Crippen LogP contribution in [0.15, 0.2) is 36.8 Å². The van der Waals surface area contributed by atoms with Crippen LogP contribution in [0.2, 0.25) is 0 Å². The number of nitrogens with two attached hydrogens (primary N) is 1. The van der Waals surface area contributed by atoms with E-state index < -0.39 is 0 Å². The van der Waals surface area contributed by atoms with Gasteiger partial charge in [0.2, 0.25) is 0 Å². The fourth-order valence-electron chi connectivity index (χ4n) is 1.60. The Morgan fingerprint density at radius 1 is 1.53 bits per heavy atom. The summed E-state index contributed by atoms with van der Waals surface area (Å²) in [5, 5.41) is 2.80. The molecule has 2 aromatic rings. The largest absolute Gasteiger partial charge is 0.330 e. The van der Waals surface area contributed by atoms with E-state index in [2.05, 4.69) is 22.1 Å². The minimum absolute atomic E-state index is 0.205. The van der Waals surface area contributed by atoms with Crippen LogP contribution in [0.4, 0.5) is 5.69 Å². The number of hydrogen-bond donors (Lipinski definition) is 2. The average molecular weight is 254 g/mol. The molecule has 3 N–H and O–H groups in total. The van der Waals surface area contributed by atoms with Gasteiger partial charge in [-0.3, -0.25) is 4.79 Å². The minimum atomic E-state index is -0.205. The maximum atomic E-state index is 12.0. The van der Waals surface area contributed by atoms with E-state index in [1.807, 2.05) is 18.2 Å². The smallest absolute Gasteiger partial charge is 0.273 e. The number of anilines is 1. The zero-order valence-corrected chi connectivity index (χ0v) is 10.6. The highest BCUT2D eigenvalue weighted by molar-refractivity contribution is 6.03. The van der Waals surface area contributed by atoms with Crippen molar-refractivity contribution in [1.82, 2.24) is 9.55 Å². The normalized spacial score (nSPS) is 9.58. The maximum Gasteiger partial charge on any atom is 0.273 e. The summed E-state index contributed by atoms with van der Waals surface area (Å²) in [5.41, 5.74) is 7.32. The second kappa shape index (κ2) is 5.85. The fourth-order valence-corrected chi connectivity index (χ4v) is 1.60. The monoisotopic (exact) mass is 254 g/mol. The van der Waals surface area contributed by atoms with E-state index in [1.165, 1.54) is 6.20 Å². The second-order valence-electron chi connectivity index (χ2n) is 3.93. The first-order valence-corrected chi connectivity index (χ1v) is 5.77. The number of carbonyl (C=O) groups is 1. The summed E-state index contributed by atoms with van der Waals surface area (Å²) in [6, 6.07) is 7.31. The summed E-state index contributed by atoms with van der Waals surface area (Å²) >= 11 is 0. The summed E-state index contributed by atoms with van der Waals surface area (Å²) in [4.78, 5) is 15.9. The Bertz CT molecular complexity index is 649. The predicted molar refractivity (Wildman–Crippen MR) is 73.5 cm³/mol. The van der Waals surface area contributed by atoms with Gasteiger partial charge in [-0.25, -0.2) is 4.98 Å². The van der Waals surface area contributed by atoms with Crippen molar-refractivity contribution < 1.29 is 4.79 Å².